The zero-order valence-electron chi connectivity index (χ0n) is 10.6. The second-order valence-electron chi connectivity index (χ2n) is 4.08. The third-order valence-corrected chi connectivity index (χ3v) is 3.58. The first-order valence-corrected chi connectivity index (χ1v) is 7.29. The van der Waals surface area contributed by atoms with Crippen molar-refractivity contribution >= 4 is 27.5 Å². The number of nitrogens with one attached hydrogen (secondary N) is 1. The molecular formula is C15H15BrClNO. The summed E-state index contributed by atoms with van der Waals surface area (Å²) >= 11 is 9.69. The fourth-order valence-corrected chi connectivity index (χ4v) is 2.26. The lowest BCUT2D eigenvalue weighted by atomic mass is 10.2. The van der Waals surface area contributed by atoms with Crippen LogP contribution in [0.5, 0.6) is 11.5 Å². The van der Waals surface area contributed by atoms with Crippen LogP contribution >= 0.6 is 27.5 Å². The number of benzene rings is 2. The van der Waals surface area contributed by atoms with E-state index >= 15 is 0 Å². The minimum Gasteiger partial charge on any atom is -0.455 e. The Morgan fingerprint density at radius 2 is 1.95 bits per heavy atom. The van der Waals surface area contributed by atoms with Crippen molar-refractivity contribution in [2.45, 2.75) is 13.5 Å². The summed E-state index contributed by atoms with van der Waals surface area (Å²) < 4.78 is 6.71. The lowest BCUT2D eigenvalue weighted by molar-refractivity contribution is 0.479. The molecule has 4 heteroatoms. The summed E-state index contributed by atoms with van der Waals surface area (Å²) in [5.41, 5.74) is 1.14. The summed E-state index contributed by atoms with van der Waals surface area (Å²) in [6.07, 6.45) is 0. The highest BCUT2D eigenvalue weighted by molar-refractivity contribution is 9.10. The van der Waals surface area contributed by atoms with E-state index in [1.54, 1.807) is 0 Å². The number of ether oxygens (including phenoxy) is 1. The van der Waals surface area contributed by atoms with E-state index in [1.807, 2.05) is 42.5 Å². The molecule has 0 heterocycles. The van der Waals surface area contributed by atoms with Crippen molar-refractivity contribution in [1.82, 2.24) is 5.32 Å². The normalized spacial score (nSPS) is 10.5. The van der Waals surface area contributed by atoms with Crippen molar-refractivity contribution in [3.05, 3.63) is 57.5 Å². The van der Waals surface area contributed by atoms with E-state index in [2.05, 4.69) is 28.2 Å². The molecule has 0 aliphatic carbocycles. The summed E-state index contributed by atoms with van der Waals surface area (Å²) in [5, 5.41) is 3.88. The third kappa shape index (κ3) is 3.96. The topological polar surface area (TPSA) is 21.3 Å². The second kappa shape index (κ2) is 6.94. The quantitative estimate of drug-likeness (QED) is 0.826. The molecule has 2 aromatic carbocycles. The molecule has 2 aromatic rings. The van der Waals surface area contributed by atoms with Gasteiger partial charge in [-0.3, -0.25) is 0 Å². The van der Waals surface area contributed by atoms with E-state index in [0.29, 0.717) is 10.8 Å². The molecule has 0 unspecified atom stereocenters. The number of rotatable bonds is 5. The summed E-state index contributed by atoms with van der Waals surface area (Å²) in [6, 6.07) is 13.5. The molecule has 100 valence electrons. The molecule has 0 fully saturated rings. The highest BCUT2D eigenvalue weighted by Gasteiger charge is 2.06. The van der Waals surface area contributed by atoms with Crippen LogP contribution in [0.4, 0.5) is 0 Å². The second-order valence-corrected chi connectivity index (χ2v) is 5.34. The molecule has 0 aromatic heterocycles. The lowest BCUT2D eigenvalue weighted by Crippen LogP contribution is -2.11. The number of halogens is 2. The summed E-state index contributed by atoms with van der Waals surface area (Å²) in [6.45, 7) is 3.82. The smallest absolute Gasteiger partial charge is 0.146 e. The van der Waals surface area contributed by atoms with Crippen LogP contribution < -0.4 is 10.1 Å². The van der Waals surface area contributed by atoms with Crippen molar-refractivity contribution in [2.75, 3.05) is 6.54 Å². The van der Waals surface area contributed by atoms with Gasteiger partial charge in [-0.25, -0.2) is 0 Å². The molecule has 0 aliphatic rings. The van der Waals surface area contributed by atoms with Crippen LogP contribution in [0, 0.1) is 0 Å². The first-order valence-electron chi connectivity index (χ1n) is 6.12. The van der Waals surface area contributed by atoms with E-state index in [-0.39, 0.29) is 0 Å². The molecule has 0 atom stereocenters. The average Bonchev–Trinajstić information content (AvgIpc) is 2.41. The van der Waals surface area contributed by atoms with Crippen LogP contribution in [0.2, 0.25) is 5.02 Å². The molecule has 0 saturated carbocycles. The van der Waals surface area contributed by atoms with Crippen LogP contribution in [0.15, 0.2) is 46.9 Å². The van der Waals surface area contributed by atoms with Crippen molar-refractivity contribution < 1.29 is 4.74 Å². The van der Waals surface area contributed by atoms with Crippen molar-refractivity contribution in [3.63, 3.8) is 0 Å². The largest absolute Gasteiger partial charge is 0.455 e. The molecule has 0 aliphatic heterocycles. The zero-order valence-corrected chi connectivity index (χ0v) is 13.0. The molecule has 0 radical (unpaired) electrons. The van der Waals surface area contributed by atoms with Gasteiger partial charge in [0, 0.05) is 6.54 Å². The minimum atomic E-state index is 0.617. The molecule has 2 rings (SSSR count). The van der Waals surface area contributed by atoms with Gasteiger partial charge >= 0.3 is 0 Å². The molecule has 1 N–H and O–H groups in total. The predicted octanol–water partition coefficient (Wildman–Crippen LogP) is 5.00. The lowest BCUT2D eigenvalue weighted by Gasteiger charge is -2.10. The maximum Gasteiger partial charge on any atom is 0.146 e. The molecule has 0 spiro atoms. The van der Waals surface area contributed by atoms with Crippen LogP contribution in [0.25, 0.3) is 0 Å². The average molecular weight is 341 g/mol. The zero-order chi connectivity index (χ0) is 13.7. The first-order chi connectivity index (χ1) is 9.20. The van der Waals surface area contributed by atoms with Crippen molar-refractivity contribution in [2.24, 2.45) is 0 Å². The predicted molar refractivity (Wildman–Crippen MR) is 83.0 cm³/mol. The van der Waals surface area contributed by atoms with Crippen LogP contribution in [0.3, 0.4) is 0 Å². The summed E-state index contributed by atoms with van der Waals surface area (Å²) in [5.74, 6) is 1.41. The third-order valence-electron chi connectivity index (χ3n) is 2.63. The Kier molecular flexibility index (Phi) is 5.25. The molecular weight excluding hydrogens is 326 g/mol. The van der Waals surface area contributed by atoms with Gasteiger partial charge in [-0.2, -0.15) is 0 Å². The Labute approximate surface area is 126 Å². The Bertz CT molecular complexity index is 560. The number of hydrogen-bond donors (Lipinski definition) is 1. The van der Waals surface area contributed by atoms with Gasteiger partial charge in [0.1, 0.15) is 11.5 Å². The minimum absolute atomic E-state index is 0.617. The van der Waals surface area contributed by atoms with E-state index in [0.717, 1.165) is 28.9 Å². The molecule has 19 heavy (non-hydrogen) atoms. The molecule has 2 nitrogen and oxygen atoms in total. The van der Waals surface area contributed by atoms with Gasteiger partial charge in [0.15, 0.2) is 0 Å². The number of para-hydroxylation sites is 1. The van der Waals surface area contributed by atoms with Crippen LogP contribution in [0.1, 0.15) is 12.5 Å². The molecule has 0 amide bonds. The van der Waals surface area contributed by atoms with Crippen molar-refractivity contribution in [1.29, 1.82) is 0 Å². The maximum atomic E-state index is 6.24. The van der Waals surface area contributed by atoms with Crippen LogP contribution in [-0.2, 0) is 6.54 Å². The molecule has 0 bridgehead atoms. The van der Waals surface area contributed by atoms with E-state index in [1.165, 1.54) is 0 Å². The Morgan fingerprint density at radius 3 is 2.63 bits per heavy atom. The first kappa shape index (κ1) is 14.4. The van der Waals surface area contributed by atoms with E-state index in [4.69, 9.17) is 16.3 Å². The van der Waals surface area contributed by atoms with Gasteiger partial charge < -0.3 is 10.1 Å². The van der Waals surface area contributed by atoms with Gasteiger partial charge in [0.2, 0.25) is 0 Å². The monoisotopic (exact) mass is 339 g/mol. The summed E-state index contributed by atoms with van der Waals surface area (Å²) in [7, 11) is 0. The highest BCUT2D eigenvalue weighted by atomic mass is 79.9. The van der Waals surface area contributed by atoms with E-state index < -0.39 is 0 Å². The fourth-order valence-electron chi connectivity index (χ4n) is 1.65. The fraction of sp³-hybridized carbons (Fsp3) is 0.200. The van der Waals surface area contributed by atoms with Gasteiger partial charge in [0.25, 0.3) is 0 Å². The van der Waals surface area contributed by atoms with Crippen molar-refractivity contribution in [3.8, 4) is 11.5 Å². The van der Waals surface area contributed by atoms with Gasteiger partial charge in [-0.15, -0.1) is 0 Å². The van der Waals surface area contributed by atoms with Gasteiger partial charge in [-0.05, 0) is 52.3 Å². The maximum absolute atomic E-state index is 6.24. The van der Waals surface area contributed by atoms with E-state index in [9.17, 15) is 0 Å². The van der Waals surface area contributed by atoms with Crippen LogP contribution in [-0.4, -0.2) is 6.54 Å². The SMILES string of the molecule is CCNCc1ccc(Oc2ccccc2Br)c(Cl)c1. The Balaban J connectivity index is 2.15. The Hall–Kier alpha value is -1.03. The standard InChI is InChI=1S/C15H15BrClNO/c1-2-18-10-11-7-8-15(13(17)9-11)19-14-6-4-3-5-12(14)16/h3-9,18H,2,10H2,1H3. The van der Waals surface area contributed by atoms with Gasteiger partial charge in [-0.1, -0.05) is 36.7 Å². The Morgan fingerprint density at radius 1 is 1.16 bits per heavy atom. The highest BCUT2D eigenvalue weighted by Crippen LogP contribution is 2.33. The number of hydrogen-bond acceptors (Lipinski definition) is 2. The van der Waals surface area contributed by atoms with Gasteiger partial charge in [0.05, 0.1) is 9.50 Å². The molecule has 0 saturated heterocycles. The summed E-state index contributed by atoms with van der Waals surface area (Å²) in [4.78, 5) is 0.